The van der Waals surface area contributed by atoms with Crippen LogP contribution in [0.2, 0.25) is 0 Å². The standard InChI is InChI=1S/C16H20N2O3/c1-10-6-7-12(9-17-10)15(19)18-13-5-3-2-4-11(13)8-14(18)16(20)21/h6-7,9,11,13-14H,2-5,8H2,1H3,(H,20,21)/t11-,13+,14+/m1/s1. The molecule has 0 bridgehead atoms. The van der Waals surface area contributed by atoms with Crippen LogP contribution in [0.1, 0.15) is 48.2 Å². The Hall–Kier alpha value is -1.91. The second-order valence-electron chi connectivity index (χ2n) is 6.10. The molecule has 5 nitrogen and oxygen atoms in total. The number of likely N-dealkylation sites (tertiary alicyclic amines) is 1. The molecule has 0 aromatic carbocycles. The van der Waals surface area contributed by atoms with Gasteiger partial charge in [-0.1, -0.05) is 12.8 Å². The summed E-state index contributed by atoms with van der Waals surface area (Å²) in [7, 11) is 0. The van der Waals surface area contributed by atoms with E-state index in [9.17, 15) is 14.7 Å². The molecule has 1 amide bonds. The van der Waals surface area contributed by atoms with Crippen LogP contribution < -0.4 is 0 Å². The smallest absolute Gasteiger partial charge is 0.326 e. The van der Waals surface area contributed by atoms with Crippen LogP contribution in [0.4, 0.5) is 0 Å². The van der Waals surface area contributed by atoms with E-state index in [0.717, 1.165) is 31.4 Å². The van der Waals surface area contributed by atoms with Crippen molar-refractivity contribution in [3.05, 3.63) is 29.6 Å². The molecule has 2 aliphatic rings. The molecular formula is C16H20N2O3. The normalized spacial score (nSPS) is 28.2. The van der Waals surface area contributed by atoms with Crippen molar-refractivity contribution in [3.8, 4) is 0 Å². The maximum absolute atomic E-state index is 12.8. The van der Waals surface area contributed by atoms with Crippen LogP contribution in [0.3, 0.4) is 0 Å². The van der Waals surface area contributed by atoms with Gasteiger partial charge in [-0.3, -0.25) is 9.78 Å². The van der Waals surface area contributed by atoms with Gasteiger partial charge in [0, 0.05) is 17.9 Å². The van der Waals surface area contributed by atoms with Gasteiger partial charge in [-0.15, -0.1) is 0 Å². The summed E-state index contributed by atoms with van der Waals surface area (Å²) in [6.07, 6.45) is 6.30. The van der Waals surface area contributed by atoms with E-state index in [1.165, 1.54) is 0 Å². The number of carbonyl (C=O) groups is 2. The first-order valence-corrected chi connectivity index (χ1v) is 7.56. The van der Waals surface area contributed by atoms with Crippen LogP contribution in [0.25, 0.3) is 0 Å². The van der Waals surface area contributed by atoms with Gasteiger partial charge in [0.2, 0.25) is 0 Å². The molecule has 1 aromatic heterocycles. The number of rotatable bonds is 2. The number of aromatic nitrogens is 1. The Balaban J connectivity index is 1.90. The molecular weight excluding hydrogens is 268 g/mol. The Morgan fingerprint density at radius 2 is 2.05 bits per heavy atom. The van der Waals surface area contributed by atoms with Crippen LogP contribution in [0.15, 0.2) is 18.3 Å². The highest BCUT2D eigenvalue weighted by molar-refractivity contribution is 5.97. The van der Waals surface area contributed by atoms with Crippen molar-refractivity contribution in [1.29, 1.82) is 0 Å². The Bertz CT molecular complexity index is 555. The van der Waals surface area contributed by atoms with E-state index in [1.54, 1.807) is 23.2 Å². The van der Waals surface area contributed by atoms with Gasteiger partial charge in [0.25, 0.3) is 5.91 Å². The highest BCUT2D eigenvalue weighted by Gasteiger charge is 2.47. The number of aliphatic carboxylic acids is 1. The second kappa shape index (κ2) is 5.47. The number of carbonyl (C=O) groups excluding carboxylic acids is 1. The summed E-state index contributed by atoms with van der Waals surface area (Å²) in [5, 5.41) is 9.46. The number of amides is 1. The molecule has 21 heavy (non-hydrogen) atoms. The average Bonchev–Trinajstić information content (AvgIpc) is 2.87. The van der Waals surface area contributed by atoms with Crippen LogP contribution in [-0.2, 0) is 4.79 Å². The molecule has 1 aliphatic heterocycles. The van der Waals surface area contributed by atoms with E-state index in [-0.39, 0.29) is 11.9 Å². The summed E-state index contributed by atoms with van der Waals surface area (Å²) in [6, 6.07) is 2.91. The van der Waals surface area contributed by atoms with Gasteiger partial charge in [0.15, 0.2) is 0 Å². The van der Waals surface area contributed by atoms with E-state index >= 15 is 0 Å². The molecule has 3 atom stereocenters. The summed E-state index contributed by atoms with van der Waals surface area (Å²) in [5.41, 5.74) is 1.33. The molecule has 112 valence electrons. The summed E-state index contributed by atoms with van der Waals surface area (Å²) in [6.45, 7) is 1.86. The molecule has 1 N–H and O–H groups in total. The minimum atomic E-state index is -0.891. The molecule has 0 spiro atoms. The van der Waals surface area contributed by atoms with Crippen LogP contribution in [0.5, 0.6) is 0 Å². The molecule has 5 heteroatoms. The van der Waals surface area contributed by atoms with Crippen molar-refractivity contribution < 1.29 is 14.7 Å². The lowest BCUT2D eigenvalue weighted by molar-refractivity contribution is -0.141. The van der Waals surface area contributed by atoms with Crippen LogP contribution in [-0.4, -0.2) is 39.0 Å². The van der Waals surface area contributed by atoms with Gasteiger partial charge in [-0.05, 0) is 44.2 Å². The third-order valence-corrected chi connectivity index (χ3v) is 4.77. The number of fused-ring (bicyclic) bond motifs is 1. The SMILES string of the molecule is Cc1ccc(C(=O)N2[C@H](C(=O)O)C[C@H]3CCCC[C@@H]32)cn1. The number of hydrogen-bond donors (Lipinski definition) is 1. The average molecular weight is 288 g/mol. The van der Waals surface area contributed by atoms with E-state index in [0.29, 0.717) is 17.9 Å². The second-order valence-corrected chi connectivity index (χ2v) is 6.10. The molecule has 0 unspecified atom stereocenters. The van der Waals surface area contributed by atoms with Crippen molar-refractivity contribution in [2.75, 3.05) is 0 Å². The molecule has 1 saturated heterocycles. The molecule has 1 aliphatic carbocycles. The van der Waals surface area contributed by atoms with Crippen molar-refractivity contribution in [2.45, 2.75) is 51.1 Å². The largest absolute Gasteiger partial charge is 0.480 e. The number of pyridine rings is 1. The first-order valence-electron chi connectivity index (χ1n) is 7.56. The summed E-state index contributed by atoms with van der Waals surface area (Å²) >= 11 is 0. The lowest BCUT2D eigenvalue weighted by Gasteiger charge is -2.33. The van der Waals surface area contributed by atoms with Gasteiger partial charge in [0.05, 0.1) is 5.56 Å². The van der Waals surface area contributed by atoms with Gasteiger partial charge in [0.1, 0.15) is 6.04 Å². The van der Waals surface area contributed by atoms with Gasteiger partial charge < -0.3 is 10.0 Å². The number of aryl methyl sites for hydroxylation is 1. The molecule has 2 fully saturated rings. The zero-order valence-corrected chi connectivity index (χ0v) is 12.2. The monoisotopic (exact) mass is 288 g/mol. The lowest BCUT2D eigenvalue weighted by atomic mass is 9.84. The van der Waals surface area contributed by atoms with Crippen molar-refractivity contribution in [3.63, 3.8) is 0 Å². The highest BCUT2D eigenvalue weighted by Crippen LogP contribution is 2.40. The lowest BCUT2D eigenvalue weighted by Crippen LogP contribution is -2.46. The summed E-state index contributed by atoms with van der Waals surface area (Å²) in [4.78, 5) is 30.0. The van der Waals surface area contributed by atoms with E-state index in [1.807, 2.05) is 6.92 Å². The van der Waals surface area contributed by atoms with Crippen molar-refractivity contribution >= 4 is 11.9 Å². The molecule has 1 saturated carbocycles. The number of carboxylic acid groups (broad SMARTS) is 1. The fraction of sp³-hybridized carbons (Fsp3) is 0.562. The van der Waals surface area contributed by atoms with Crippen molar-refractivity contribution in [2.24, 2.45) is 5.92 Å². The summed E-state index contributed by atoms with van der Waals surface area (Å²) in [5.74, 6) is -0.746. The summed E-state index contributed by atoms with van der Waals surface area (Å²) < 4.78 is 0. The van der Waals surface area contributed by atoms with E-state index in [4.69, 9.17) is 0 Å². The molecule has 0 radical (unpaired) electrons. The topological polar surface area (TPSA) is 70.5 Å². The zero-order chi connectivity index (χ0) is 15.0. The minimum absolute atomic E-state index is 0.0775. The van der Waals surface area contributed by atoms with E-state index < -0.39 is 12.0 Å². The maximum Gasteiger partial charge on any atom is 0.326 e. The van der Waals surface area contributed by atoms with Crippen LogP contribution in [0, 0.1) is 12.8 Å². The van der Waals surface area contributed by atoms with Crippen molar-refractivity contribution in [1.82, 2.24) is 9.88 Å². The fourth-order valence-corrected chi connectivity index (χ4v) is 3.72. The fourth-order valence-electron chi connectivity index (χ4n) is 3.72. The Kier molecular flexibility index (Phi) is 3.66. The number of carboxylic acids is 1. The number of nitrogens with zero attached hydrogens (tertiary/aromatic N) is 2. The third-order valence-electron chi connectivity index (χ3n) is 4.77. The molecule has 2 heterocycles. The predicted octanol–water partition coefficient (Wildman–Crippen LogP) is 2.25. The molecule has 1 aromatic rings. The Morgan fingerprint density at radius 1 is 1.29 bits per heavy atom. The first-order chi connectivity index (χ1) is 10.1. The quantitative estimate of drug-likeness (QED) is 0.906. The highest BCUT2D eigenvalue weighted by atomic mass is 16.4. The van der Waals surface area contributed by atoms with E-state index in [2.05, 4.69) is 4.98 Å². The predicted molar refractivity (Wildman–Crippen MR) is 76.9 cm³/mol. The number of hydrogen-bond acceptors (Lipinski definition) is 3. The Labute approximate surface area is 124 Å². The van der Waals surface area contributed by atoms with Gasteiger partial charge >= 0.3 is 5.97 Å². The first kappa shape index (κ1) is 14.0. The minimum Gasteiger partial charge on any atom is -0.480 e. The maximum atomic E-state index is 12.8. The zero-order valence-electron chi connectivity index (χ0n) is 12.2. The van der Waals surface area contributed by atoms with Gasteiger partial charge in [-0.25, -0.2) is 4.79 Å². The van der Waals surface area contributed by atoms with Crippen LogP contribution >= 0.6 is 0 Å². The Morgan fingerprint density at radius 3 is 2.71 bits per heavy atom. The van der Waals surface area contributed by atoms with Gasteiger partial charge in [-0.2, -0.15) is 0 Å². The third kappa shape index (κ3) is 2.52. The molecule has 3 rings (SSSR count).